The number of thiophene rings is 1. The standard InChI is InChI=1S/C8H13BrN2OS2/c1-11(2)6-5-10-14(12)8-4-3-7(9)13-8/h3-4,10H,5-6H2,1-2H3. The molecule has 0 aliphatic rings. The number of halogens is 1. The molecule has 1 aromatic rings. The third kappa shape index (κ3) is 4.18. The molecule has 1 atom stereocenters. The van der Waals surface area contributed by atoms with Crippen LogP contribution in [0.15, 0.2) is 20.1 Å². The van der Waals surface area contributed by atoms with Gasteiger partial charge >= 0.3 is 0 Å². The minimum absolute atomic E-state index is 0.731. The summed E-state index contributed by atoms with van der Waals surface area (Å²) in [5, 5.41) is 0. The van der Waals surface area contributed by atoms with Crippen molar-refractivity contribution in [3.8, 4) is 0 Å². The van der Waals surface area contributed by atoms with Crippen LogP contribution in [0.1, 0.15) is 0 Å². The second kappa shape index (κ2) is 5.97. The fraction of sp³-hybridized carbons (Fsp3) is 0.500. The van der Waals surface area contributed by atoms with Gasteiger partial charge in [-0.1, -0.05) is 0 Å². The van der Waals surface area contributed by atoms with Gasteiger partial charge in [-0.2, -0.15) is 0 Å². The highest BCUT2D eigenvalue weighted by atomic mass is 79.9. The van der Waals surface area contributed by atoms with Gasteiger partial charge in [-0.15, -0.1) is 11.3 Å². The van der Waals surface area contributed by atoms with E-state index in [9.17, 15) is 4.21 Å². The molecular formula is C8H13BrN2OS2. The molecule has 1 unspecified atom stereocenters. The largest absolute Gasteiger partial charge is 0.308 e. The van der Waals surface area contributed by atoms with Gasteiger partial charge in [0.05, 0.1) is 3.79 Å². The lowest BCUT2D eigenvalue weighted by atomic mass is 10.6. The Balaban J connectivity index is 2.36. The topological polar surface area (TPSA) is 32.3 Å². The summed E-state index contributed by atoms with van der Waals surface area (Å²) < 4.78 is 16.4. The zero-order chi connectivity index (χ0) is 10.6. The molecule has 14 heavy (non-hydrogen) atoms. The molecule has 1 rings (SSSR count). The van der Waals surface area contributed by atoms with Crippen LogP contribution in [0.4, 0.5) is 0 Å². The molecule has 0 saturated heterocycles. The van der Waals surface area contributed by atoms with E-state index in [4.69, 9.17) is 0 Å². The Hall–Kier alpha value is 0.250. The van der Waals surface area contributed by atoms with Gasteiger partial charge in [0.25, 0.3) is 0 Å². The molecule has 0 amide bonds. The van der Waals surface area contributed by atoms with Crippen molar-refractivity contribution in [3.63, 3.8) is 0 Å². The lowest BCUT2D eigenvalue weighted by Gasteiger charge is -2.08. The monoisotopic (exact) mass is 296 g/mol. The second-order valence-corrected chi connectivity index (χ2v) is 7.01. The van der Waals surface area contributed by atoms with E-state index in [-0.39, 0.29) is 0 Å². The Labute approximate surface area is 99.2 Å². The normalized spacial score (nSPS) is 13.4. The average Bonchev–Trinajstić information content (AvgIpc) is 2.51. The van der Waals surface area contributed by atoms with E-state index in [1.165, 1.54) is 11.3 Å². The van der Waals surface area contributed by atoms with Crippen LogP contribution < -0.4 is 4.72 Å². The summed E-state index contributed by atoms with van der Waals surface area (Å²) in [4.78, 5) is 2.05. The molecule has 0 radical (unpaired) electrons. The zero-order valence-corrected chi connectivity index (χ0v) is 11.3. The first-order valence-electron chi connectivity index (χ1n) is 4.15. The number of nitrogens with one attached hydrogen (secondary N) is 1. The molecule has 0 saturated carbocycles. The molecule has 0 aromatic carbocycles. The Morgan fingerprint density at radius 3 is 2.79 bits per heavy atom. The lowest BCUT2D eigenvalue weighted by Crippen LogP contribution is -2.27. The predicted molar refractivity (Wildman–Crippen MR) is 65.0 cm³/mol. The molecule has 0 fully saturated rings. The Bertz CT molecular complexity index is 314. The highest BCUT2D eigenvalue weighted by Gasteiger charge is 2.05. The van der Waals surface area contributed by atoms with E-state index >= 15 is 0 Å². The fourth-order valence-electron chi connectivity index (χ4n) is 0.830. The summed E-state index contributed by atoms with van der Waals surface area (Å²) in [6.45, 7) is 1.62. The molecule has 80 valence electrons. The predicted octanol–water partition coefficient (Wildman–Crippen LogP) is 1.68. The van der Waals surface area contributed by atoms with Crippen molar-refractivity contribution in [2.75, 3.05) is 27.2 Å². The van der Waals surface area contributed by atoms with Crippen LogP contribution in [-0.2, 0) is 11.0 Å². The van der Waals surface area contributed by atoms with Gasteiger partial charge in [0.2, 0.25) is 0 Å². The summed E-state index contributed by atoms with van der Waals surface area (Å²) in [7, 11) is 2.92. The van der Waals surface area contributed by atoms with Gasteiger partial charge in [-0.3, -0.25) is 0 Å². The van der Waals surface area contributed by atoms with Gasteiger partial charge < -0.3 is 4.90 Å². The van der Waals surface area contributed by atoms with E-state index < -0.39 is 11.0 Å². The molecule has 1 heterocycles. The van der Waals surface area contributed by atoms with Gasteiger partial charge in [-0.25, -0.2) is 8.93 Å². The molecular weight excluding hydrogens is 284 g/mol. The summed E-state index contributed by atoms with van der Waals surface area (Å²) in [6.07, 6.45) is 0. The molecule has 1 N–H and O–H groups in total. The van der Waals surface area contributed by atoms with E-state index in [1.807, 2.05) is 26.2 Å². The van der Waals surface area contributed by atoms with Gasteiger partial charge in [0.15, 0.2) is 0 Å². The van der Waals surface area contributed by atoms with Crippen LogP contribution in [0.2, 0.25) is 0 Å². The zero-order valence-electron chi connectivity index (χ0n) is 8.12. The molecule has 0 aliphatic heterocycles. The first kappa shape index (κ1) is 12.3. The Kier molecular flexibility index (Phi) is 5.25. The number of hydrogen-bond acceptors (Lipinski definition) is 3. The highest BCUT2D eigenvalue weighted by Crippen LogP contribution is 2.23. The number of nitrogens with zero attached hydrogens (tertiary/aromatic N) is 1. The van der Waals surface area contributed by atoms with Crippen LogP contribution in [0, 0.1) is 0 Å². The molecule has 0 bridgehead atoms. The molecule has 3 nitrogen and oxygen atoms in total. The minimum atomic E-state index is -1.07. The fourth-order valence-corrected chi connectivity index (χ4v) is 3.63. The first-order chi connectivity index (χ1) is 6.59. The van der Waals surface area contributed by atoms with E-state index in [0.717, 1.165) is 21.1 Å². The van der Waals surface area contributed by atoms with Crippen molar-refractivity contribution in [1.82, 2.24) is 9.62 Å². The number of hydrogen-bond donors (Lipinski definition) is 1. The second-order valence-electron chi connectivity index (χ2n) is 3.02. The van der Waals surface area contributed by atoms with Crippen molar-refractivity contribution >= 4 is 38.3 Å². The molecule has 1 aromatic heterocycles. The van der Waals surface area contributed by atoms with Crippen molar-refractivity contribution in [2.45, 2.75) is 4.21 Å². The number of rotatable bonds is 5. The third-order valence-electron chi connectivity index (χ3n) is 1.52. The Morgan fingerprint density at radius 1 is 1.57 bits per heavy atom. The maximum atomic E-state index is 11.6. The van der Waals surface area contributed by atoms with Crippen LogP contribution in [-0.4, -0.2) is 36.3 Å². The van der Waals surface area contributed by atoms with Crippen LogP contribution >= 0.6 is 27.3 Å². The van der Waals surface area contributed by atoms with Gasteiger partial charge in [-0.05, 0) is 42.2 Å². The van der Waals surface area contributed by atoms with Gasteiger partial charge in [0.1, 0.15) is 15.2 Å². The number of likely N-dealkylation sites (N-methyl/N-ethyl adjacent to an activating group) is 1. The summed E-state index contributed by atoms with van der Waals surface area (Å²) in [6, 6.07) is 3.78. The summed E-state index contributed by atoms with van der Waals surface area (Å²) >= 11 is 4.83. The maximum Gasteiger partial charge on any atom is 0.135 e. The average molecular weight is 297 g/mol. The molecule has 0 spiro atoms. The lowest BCUT2D eigenvalue weighted by molar-refractivity contribution is 0.414. The van der Waals surface area contributed by atoms with E-state index in [2.05, 4.69) is 25.6 Å². The van der Waals surface area contributed by atoms with E-state index in [1.54, 1.807) is 0 Å². The summed E-state index contributed by atoms with van der Waals surface area (Å²) in [5.41, 5.74) is 0. The van der Waals surface area contributed by atoms with Crippen molar-refractivity contribution < 1.29 is 4.21 Å². The van der Waals surface area contributed by atoms with Crippen molar-refractivity contribution in [3.05, 3.63) is 15.9 Å². The van der Waals surface area contributed by atoms with Crippen molar-refractivity contribution in [2.24, 2.45) is 0 Å². The molecule has 0 aliphatic carbocycles. The van der Waals surface area contributed by atoms with Crippen LogP contribution in [0.5, 0.6) is 0 Å². The highest BCUT2D eigenvalue weighted by molar-refractivity contribution is 9.11. The third-order valence-corrected chi connectivity index (χ3v) is 4.61. The van der Waals surface area contributed by atoms with Crippen LogP contribution in [0.3, 0.4) is 0 Å². The maximum absolute atomic E-state index is 11.6. The van der Waals surface area contributed by atoms with Crippen LogP contribution in [0.25, 0.3) is 0 Å². The summed E-state index contributed by atoms with van der Waals surface area (Å²) in [5.74, 6) is 0. The smallest absolute Gasteiger partial charge is 0.135 e. The molecule has 6 heteroatoms. The van der Waals surface area contributed by atoms with E-state index in [0.29, 0.717) is 0 Å². The Morgan fingerprint density at radius 2 is 2.29 bits per heavy atom. The first-order valence-corrected chi connectivity index (χ1v) is 6.91. The quantitative estimate of drug-likeness (QED) is 0.897. The van der Waals surface area contributed by atoms with Gasteiger partial charge in [0, 0.05) is 13.1 Å². The SMILES string of the molecule is CN(C)CCNS(=O)c1ccc(Br)s1. The van der Waals surface area contributed by atoms with Crippen molar-refractivity contribution in [1.29, 1.82) is 0 Å². The minimum Gasteiger partial charge on any atom is -0.308 e.